The number of aryl methyl sites for hydroxylation is 1. The van der Waals surface area contributed by atoms with Crippen LogP contribution in [0.3, 0.4) is 0 Å². The van der Waals surface area contributed by atoms with Crippen molar-refractivity contribution in [3.05, 3.63) is 93.4 Å². The van der Waals surface area contributed by atoms with Gasteiger partial charge in [0, 0.05) is 22.1 Å². The van der Waals surface area contributed by atoms with Crippen LogP contribution >= 0.6 is 27.5 Å². The lowest BCUT2D eigenvalue weighted by Gasteiger charge is -2.32. The van der Waals surface area contributed by atoms with E-state index in [9.17, 15) is 18.0 Å². The van der Waals surface area contributed by atoms with Gasteiger partial charge in [-0.3, -0.25) is 13.9 Å². The highest BCUT2D eigenvalue weighted by atomic mass is 79.9. The van der Waals surface area contributed by atoms with Gasteiger partial charge in [-0.1, -0.05) is 70.3 Å². The Morgan fingerprint density at radius 2 is 1.67 bits per heavy atom. The summed E-state index contributed by atoms with van der Waals surface area (Å²) in [5, 5.41) is 3.25. The summed E-state index contributed by atoms with van der Waals surface area (Å²) >= 11 is 9.66. The molecule has 0 radical (unpaired) electrons. The largest absolute Gasteiger partial charge is 0.352 e. The van der Waals surface area contributed by atoms with Gasteiger partial charge in [0.2, 0.25) is 11.8 Å². The van der Waals surface area contributed by atoms with E-state index in [0.717, 1.165) is 26.3 Å². The number of anilines is 1. The van der Waals surface area contributed by atoms with Crippen LogP contribution in [0.4, 0.5) is 5.69 Å². The lowest BCUT2D eigenvalue weighted by atomic mass is 10.1. The van der Waals surface area contributed by atoms with Gasteiger partial charge in [0.25, 0.3) is 10.0 Å². The lowest BCUT2D eigenvalue weighted by Crippen LogP contribution is -2.52. The van der Waals surface area contributed by atoms with Crippen molar-refractivity contribution in [3.8, 4) is 0 Å². The molecule has 0 heterocycles. The second-order valence-corrected chi connectivity index (χ2v) is 12.7. The zero-order chi connectivity index (χ0) is 28.7. The molecule has 10 heteroatoms. The number of nitrogens with one attached hydrogen (secondary N) is 1. The highest BCUT2D eigenvalue weighted by molar-refractivity contribution is 9.10. The molecule has 3 aromatic rings. The Morgan fingerprint density at radius 1 is 1.00 bits per heavy atom. The SMILES string of the molecule is CC[C@H](C)NC(=O)[C@H](C)N(Cc1cccc(Br)c1)C(=O)CN(c1cccc(Cl)c1)S(=O)(=O)c1ccc(C)cc1. The fraction of sp³-hybridized carbons (Fsp3) is 0.310. The topological polar surface area (TPSA) is 86.8 Å². The molecule has 7 nitrogen and oxygen atoms in total. The maximum absolute atomic E-state index is 13.9. The first kappa shape index (κ1) is 30.7. The molecule has 208 valence electrons. The summed E-state index contributed by atoms with van der Waals surface area (Å²) < 4.78 is 29.5. The van der Waals surface area contributed by atoms with Gasteiger partial charge in [-0.05, 0) is 75.2 Å². The van der Waals surface area contributed by atoms with Crippen LogP contribution in [0.1, 0.15) is 38.3 Å². The quantitative estimate of drug-likeness (QED) is 0.283. The number of hydrogen-bond acceptors (Lipinski definition) is 4. The minimum atomic E-state index is -4.15. The van der Waals surface area contributed by atoms with Gasteiger partial charge in [0.15, 0.2) is 0 Å². The Hall–Kier alpha value is -2.88. The number of sulfonamides is 1. The Labute approximate surface area is 244 Å². The Kier molecular flexibility index (Phi) is 10.6. The molecule has 0 saturated heterocycles. The van der Waals surface area contributed by atoms with Gasteiger partial charge in [0.05, 0.1) is 10.6 Å². The molecular formula is C29H33BrClN3O4S. The second-order valence-electron chi connectivity index (χ2n) is 9.45. The summed E-state index contributed by atoms with van der Waals surface area (Å²) in [5.41, 5.74) is 1.94. The first-order valence-electron chi connectivity index (χ1n) is 12.6. The second kappa shape index (κ2) is 13.5. The number of carbonyl (C=O) groups excluding carboxylic acids is 2. The van der Waals surface area contributed by atoms with E-state index < -0.39 is 28.5 Å². The fourth-order valence-electron chi connectivity index (χ4n) is 3.88. The Balaban J connectivity index is 2.03. The van der Waals surface area contributed by atoms with Crippen molar-refractivity contribution in [2.45, 2.75) is 57.6 Å². The van der Waals surface area contributed by atoms with E-state index >= 15 is 0 Å². The normalized spacial score (nSPS) is 12.9. The maximum Gasteiger partial charge on any atom is 0.264 e. The first-order chi connectivity index (χ1) is 18.4. The molecule has 2 atom stereocenters. The Morgan fingerprint density at radius 3 is 2.28 bits per heavy atom. The van der Waals surface area contributed by atoms with E-state index in [1.54, 1.807) is 37.3 Å². The van der Waals surface area contributed by atoms with E-state index in [4.69, 9.17) is 11.6 Å². The minimum absolute atomic E-state index is 0.0435. The smallest absolute Gasteiger partial charge is 0.264 e. The number of carbonyl (C=O) groups is 2. The molecule has 0 aliphatic carbocycles. The molecule has 0 fully saturated rings. The monoisotopic (exact) mass is 633 g/mol. The molecule has 0 unspecified atom stereocenters. The molecule has 39 heavy (non-hydrogen) atoms. The number of halogens is 2. The third-order valence-corrected chi connectivity index (χ3v) is 8.91. The fourth-order valence-corrected chi connectivity index (χ4v) is 5.91. The molecule has 0 saturated carbocycles. The molecule has 3 rings (SSSR count). The van der Waals surface area contributed by atoms with Crippen molar-refractivity contribution in [1.29, 1.82) is 0 Å². The van der Waals surface area contributed by atoms with E-state index in [0.29, 0.717) is 5.02 Å². The molecular weight excluding hydrogens is 602 g/mol. The van der Waals surface area contributed by atoms with Crippen molar-refractivity contribution in [3.63, 3.8) is 0 Å². The molecule has 1 N–H and O–H groups in total. The number of benzene rings is 3. The van der Waals surface area contributed by atoms with Gasteiger partial charge in [-0.15, -0.1) is 0 Å². The predicted molar refractivity (Wildman–Crippen MR) is 159 cm³/mol. The van der Waals surface area contributed by atoms with Crippen molar-refractivity contribution in [2.24, 2.45) is 0 Å². The third kappa shape index (κ3) is 8.06. The standard InChI is InChI=1S/C29H33BrClN3O4S/c1-5-21(3)32-29(36)22(4)33(18-23-8-6-9-24(30)16-23)28(35)19-34(26-11-7-10-25(31)17-26)39(37,38)27-14-12-20(2)13-15-27/h6-17,21-22H,5,18-19H2,1-4H3,(H,32,36)/t21-,22-/m0/s1. The average molecular weight is 635 g/mol. The van der Waals surface area contributed by atoms with Crippen LogP contribution in [0.15, 0.2) is 82.2 Å². The van der Waals surface area contributed by atoms with Crippen LogP contribution < -0.4 is 9.62 Å². The molecule has 3 aromatic carbocycles. The van der Waals surface area contributed by atoms with Gasteiger partial charge in [0.1, 0.15) is 12.6 Å². The number of nitrogens with zero attached hydrogens (tertiary/aromatic N) is 2. The maximum atomic E-state index is 13.9. The van der Waals surface area contributed by atoms with E-state index in [2.05, 4.69) is 21.2 Å². The van der Waals surface area contributed by atoms with Crippen LogP contribution in [0, 0.1) is 6.92 Å². The predicted octanol–water partition coefficient (Wildman–Crippen LogP) is 5.94. The molecule has 0 aliphatic heterocycles. The van der Waals surface area contributed by atoms with E-state index in [1.807, 2.05) is 45.0 Å². The minimum Gasteiger partial charge on any atom is -0.352 e. The number of hydrogen-bond donors (Lipinski definition) is 1. The van der Waals surface area contributed by atoms with Crippen molar-refractivity contribution < 1.29 is 18.0 Å². The van der Waals surface area contributed by atoms with Crippen LogP contribution in [-0.2, 0) is 26.2 Å². The van der Waals surface area contributed by atoms with Crippen molar-refractivity contribution in [2.75, 3.05) is 10.8 Å². The van der Waals surface area contributed by atoms with Crippen molar-refractivity contribution in [1.82, 2.24) is 10.2 Å². The Bertz CT molecular complexity index is 1420. The number of rotatable bonds is 11. The molecule has 0 spiro atoms. The molecule has 0 aromatic heterocycles. The molecule has 0 aliphatic rings. The number of amides is 2. The van der Waals surface area contributed by atoms with Crippen molar-refractivity contribution >= 4 is 55.1 Å². The molecule has 0 bridgehead atoms. The highest BCUT2D eigenvalue weighted by Gasteiger charge is 2.33. The van der Waals surface area contributed by atoms with Crippen LogP contribution in [0.2, 0.25) is 5.02 Å². The third-order valence-electron chi connectivity index (χ3n) is 6.39. The van der Waals surface area contributed by atoms with E-state index in [1.165, 1.54) is 23.1 Å². The summed E-state index contributed by atoms with van der Waals surface area (Å²) in [4.78, 5) is 28.5. The van der Waals surface area contributed by atoms with Crippen LogP contribution in [0.5, 0.6) is 0 Å². The van der Waals surface area contributed by atoms with Crippen LogP contribution in [0.25, 0.3) is 0 Å². The summed E-state index contributed by atoms with van der Waals surface area (Å²) in [5.74, 6) is -0.846. The zero-order valence-electron chi connectivity index (χ0n) is 22.4. The van der Waals surface area contributed by atoms with Gasteiger partial charge in [-0.2, -0.15) is 0 Å². The van der Waals surface area contributed by atoms with Gasteiger partial charge in [-0.25, -0.2) is 8.42 Å². The van der Waals surface area contributed by atoms with Crippen LogP contribution in [-0.4, -0.2) is 43.8 Å². The van der Waals surface area contributed by atoms with E-state index in [-0.39, 0.29) is 29.1 Å². The summed E-state index contributed by atoms with van der Waals surface area (Å²) in [6.07, 6.45) is 0.732. The van der Waals surface area contributed by atoms with Gasteiger partial charge >= 0.3 is 0 Å². The summed E-state index contributed by atoms with van der Waals surface area (Å²) in [7, 11) is -4.15. The lowest BCUT2D eigenvalue weighted by molar-refractivity contribution is -0.139. The first-order valence-corrected chi connectivity index (χ1v) is 15.2. The summed E-state index contributed by atoms with van der Waals surface area (Å²) in [6, 6.07) is 19.2. The highest BCUT2D eigenvalue weighted by Crippen LogP contribution is 2.27. The van der Waals surface area contributed by atoms with Gasteiger partial charge < -0.3 is 10.2 Å². The average Bonchev–Trinajstić information content (AvgIpc) is 2.89. The summed E-state index contributed by atoms with van der Waals surface area (Å²) in [6.45, 7) is 6.94. The zero-order valence-corrected chi connectivity index (χ0v) is 25.6. The molecule has 2 amide bonds.